The van der Waals surface area contributed by atoms with Crippen LogP contribution in [-0.2, 0) is 28.7 Å². The van der Waals surface area contributed by atoms with Crippen molar-refractivity contribution in [2.24, 2.45) is 5.92 Å². The van der Waals surface area contributed by atoms with E-state index in [0.29, 0.717) is 17.0 Å². The van der Waals surface area contributed by atoms with Crippen LogP contribution >= 0.6 is 0 Å². The molecule has 8 nitrogen and oxygen atoms in total. The van der Waals surface area contributed by atoms with Crippen molar-refractivity contribution in [3.63, 3.8) is 0 Å². The first-order valence-electron chi connectivity index (χ1n) is 12.9. The highest BCUT2D eigenvalue weighted by atomic mass is 19.4. The van der Waals surface area contributed by atoms with Crippen LogP contribution in [0.4, 0.5) is 13.2 Å². The van der Waals surface area contributed by atoms with Crippen LogP contribution in [0.15, 0.2) is 42.6 Å². The number of piperidine rings is 1. The molecule has 2 saturated heterocycles. The maximum Gasteiger partial charge on any atom is 0.433 e. The molecule has 202 valence electrons. The Morgan fingerprint density at radius 1 is 1.08 bits per heavy atom. The van der Waals surface area contributed by atoms with E-state index in [1.807, 2.05) is 4.90 Å². The van der Waals surface area contributed by atoms with Crippen molar-refractivity contribution in [3.05, 3.63) is 59.5 Å². The van der Waals surface area contributed by atoms with E-state index in [-0.39, 0.29) is 24.6 Å². The molecule has 2 fully saturated rings. The lowest BCUT2D eigenvalue weighted by atomic mass is 9.97. The summed E-state index contributed by atoms with van der Waals surface area (Å²) >= 11 is 0. The molecule has 2 aliphatic heterocycles. The lowest BCUT2D eigenvalue weighted by molar-refractivity contribution is -0.141. The zero-order chi connectivity index (χ0) is 26.7. The minimum Gasteiger partial charge on any atom is -0.379 e. The molecule has 2 aliphatic rings. The third-order valence-electron chi connectivity index (χ3n) is 7.10. The number of ketones is 1. The molecule has 11 heteroatoms. The lowest BCUT2D eigenvalue weighted by Gasteiger charge is -2.36. The van der Waals surface area contributed by atoms with Crippen molar-refractivity contribution >= 4 is 22.6 Å². The van der Waals surface area contributed by atoms with Gasteiger partial charge in [-0.15, -0.1) is 0 Å². The highest BCUT2D eigenvalue weighted by Crippen LogP contribution is 2.27. The Morgan fingerprint density at radius 3 is 2.68 bits per heavy atom. The Morgan fingerprint density at radius 2 is 1.89 bits per heavy atom. The zero-order valence-electron chi connectivity index (χ0n) is 21.0. The number of carbonyl (C=O) groups excluding carboxylic acids is 2. The maximum atomic E-state index is 13.0. The maximum absolute atomic E-state index is 13.0. The first-order chi connectivity index (χ1) is 18.2. The van der Waals surface area contributed by atoms with Crippen molar-refractivity contribution < 1.29 is 27.5 Å². The first-order valence-corrected chi connectivity index (χ1v) is 12.9. The smallest absolute Gasteiger partial charge is 0.379 e. The van der Waals surface area contributed by atoms with Crippen molar-refractivity contribution in [2.45, 2.75) is 32.0 Å². The van der Waals surface area contributed by atoms with E-state index in [1.165, 1.54) is 12.1 Å². The number of rotatable bonds is 7. The van der Waals surface area contributed by atoms with Gasteiger partial charge in [-0.2, -0.15) is 18.3 Å². The molecule has 3 aromatic rings. The van der Waals surface area contributed by atoms with Crippen LogP contribution in [0.1, 0.15) is 34.6 Å². The Bertz CT molecular complexity index is 1300. The van der Waals surface area contributed by atoms with E-state index in [1.54, 1.807) is 29.1 Å². The summed E-state index contributed by atoms with van der Waals surface area (Å²) in [6.07, 6.45) is -0.838. The third kappa shape index (κ3) is 6.39. The molecular formula is C27H30F3N5O3. The zero-order valence-corrected chi connectivity index (χ0v) is 21.0. The standard InChI is InChI=1S/C27H30F3N5O3/c28-27(29,30)25-5-1-4-23(31-25)24(36)14-19-6-7-22-21(13-19)17-35(32-22)18-26(37)34-8-2-3-20(16-34)15-33-9-11-38-12-10-33/h1,4-7,13,17,20H,2-3,8-12,14-16,18H2/t20-/m1/s1. The van der Waals surface area contributed by atoms with E-state index < -0.39 is 17.7 Å². The fraction of sp³-hybridized carbons (Fsp3) is 0.481. The monoisotopic (exact) mass is 529 g/mol. The van der Waals surface area contributed by atoms with Crippen LogP contribution in [0.25, 0.3) is 10.9 Å². The number of pyridine rings is 1. The fourth-order valence-electron chi connectivity index (χ4n) is 5.17. The number of amides is 1. The van der Waals surface area contributed by atoms with Crippen LogP contribution < -0.4 is 0 Å². The number of hydrogen-bond donors (Lipinski definition) is 0. The average Bonchev–Trinajstić information content (AvgIpc) is 3.30. The van der Waals surface area contributed by atoms with E-state index in [4.69, 9.17) is 4.74 Å². The third-order valence-corrected chi connectivity index (χ3v) is 7.10. The summed E-state index contributed by atoms with van der Waals surface area (Å²) in [5, 5.41) is 5.26. The van der Waals surface area contributed by atoms with Gasteiger partial charge in [-0.05, 0) is 48.6 Å². The van der Waals surface area contributed by atoms with Crippen LogP contribution in [0.5, 0.6) is 0 Å². The van der Waals surface area contributed by atoms with Crippen LogP contribution in [0, 0.1) is 5.92 Å². The minimum atomic E-state index is -4.61. The second kappa shape index (κ2) is 11.2. The topological polar surface area (TPSA) is 80.6 Å². The molecule has 0 N–H and O–H groups in total. The van der Waals surface area contributed by atoms with Gasteiger partial charge in [0.25, 0.3) is 0 Å². The summed E-state index contributed by atoms with van der Waals surface area (Å²) in [5.74, 6) is -0.0286. The number of halogens is 3. The minimum absolute atomic E-state index is 0.0236. The van der Waals surface area contributed by atoms with Crippen molar-refractivity contribution in [1.82, 2.24) is 24.6 Å². The van der Waals surface area contributed by atoms with Gasteiger partial charge in [0.1, 0.15) is 17.9 Å². The second-order valence-corrected chi connectivity index (χ2v) is 9.99. The van der Waals surface area contributed by atoms with Crippen LogP contribution in [-0.4, -0.2) is 82.2 Å². The summed E-state index contributed by atoms with van der Waals surface area (Å²) in [6, 6.07) is 8.54. The average molecular weight is 530 g/mol. The fourth-order valence-corrected chi connectivity index (χ4v) is 5.17. The van der Waals surface area contributed by atoms with Gasteiger partial charge >= 0.3 is 6.18 Å². The quantitative estimate of drug-likeness (QED) is 0.437. The number of Topliss-reactive ketones (excluding diaryl/α,β-unsaturated/α-hetero) is 1. The largest absolute Gasteiger partial charge is 0.433 e. The first kappa shape index (κ1) is 26.3. The van der Waals surface area contributed by atoms with E-state index in [0.717, 1.165) is 70.2 Å². The Kier molecular flexibility index (Phi) is 7.75. The van der Waals surface area contributed by atoms with Crippen LogP contribution in [0.3, 0.4) is 0 Å². The molecular weight excluding hydrogens is 499 g/mol. The predicted molar refractivity (Wildman–Crippen MR) is 134 cm³/mol. The Hall–Kier alpha value is -3.31. The molecule has 4 heterocycles. The van der Waals surface area contributed by atoms with Gasteiger partial charge in [0, 0.05) is 50.7 Å². The number of benzene rings is 1. The molecule has 0 saturated carbocycles. The number of morpholine rings is 1. The van der Waals surface area contributed by atoms with Gasteiger partial charge in [-0.3, -0.25) is 19.2 Å². The van der Waals surface area contributed by atoms with Gasteiger partial charge in [0.05, 0.1) is 18.7 Å². The van der Waals surface area contributed by atoms with Gasteiger partial charge in [0.2, 0.25) is 5.91 Å². The molecule has 0 radical (unpaired) electrons. The molecule has 1 aromatic carbocycles. The SMILES string of the molecule is O=C(Cc1ccc2nn(CC(=O)N3CCC[C@H](CN4CCOCC4)C3)cc2c1)c1cccc(C(F)(F)F)n1. The van der Waals surface area contributed by atoms with E-state index in [9.17, 15) is 22.8 Å². The summed E-state index contributed by atoms with van der Waals surface area (Å²) in [7, 11) is 0. The summed E-state index contributed by atoms with van der Waals surface area (Å²) in [5.41, 5.74) is -0.00913. The molecule has 0 unspecified atom stereocenters. The molecule has 0 spiro atoms. The predicted octanol–water partition coefficient (Wildman–Crippen LogP) is 3.45. The number of hydrogen-bond acceptors (Lipinski definition) is 6. The van der Waals surface area contributed by atoms with Crippen molar-refractivity contribution in [2.75, 3.05) is 45.9 Å². The molecule has 2 aromatic heterocycles. The molecule has 5 rings (SSSR count). The molecule has 0 bridgehead atoms. The van der Waals surface area contributed by atoms with Crippen molar-refractivity contribution in [1.29, 1.82) is 0 Å². The Labute approximate surface area is 218 Å². The Balaban J connectivity index is 1.20. The lowest BCUT2D eigenvalue weighted by Crippen LogP contribution is -2.46. The number of fused-ring (bicyclic) bond motifs is 1. The number of likely N-dealkylation sites (tertiary alicyclic amines) is 1. The molecule has 1 atom stereocenters. The summed E-state index contributed by atoms with van der Waals surface area (Å²) < 4.78 is 45.9. The summed E-state index contributed by atoms with van der Waals surface area (Å²) in [6.45, 7) is 6.00. The highest BCUT2D eigenvalue weighted by molar-refractivity contribution is 5.96. The summed E-state index contributed by atoms with van der Waals surface area (Å²) in [4.78, 5) is 33.5. The second-order valence-electron chi connectivity index (χ2n) is 9.99. The number of aromatic nitrogens is 3. The van der Waals surface area contributed by atoms with E-state index >= 15 is 0 Å². The van der Waals surface area contributed by atoms with Crippen LogP contribution in [0.2, 0.25) is 0 Å². The number of ether oxygens (including phenoxy) is 1. The molecule has 1 amide bonds. The number of carbonyl (C=O) groups is 2. The number of alkyl halides is 3. The molecule has 0 aliphatic carbocycles. The van der Waals surface area contributed by atoms with Gasteiger partial charge < -0.3 is 9.64 Å². The van der Waals surface area contributed by atoms with Gasteiger partial charge in [-0.1, -0.05) is 12.1 Å². The normalized spacial score (nSPS) is 19.1. The number of nitrogens with zero attached hydrogens (tertiary/aromatic N) is 5. The molecule has 38 heavy (non-hydrogen) atoms. The van der Waals surface area contributed by atoms with Gasteiger partial charge in [-0.25, -0.2) is 4.98 Å². The highest BCUT2D eigenvalue weighted by Gasteiger charge is 2.33. The van der Waals surface area contributed by atoms with Gasteiger partial charge in [0.15, 0.2) is 5.78 Å². The van der Waals surface area contributed by atoms with Crippen molar-refractivity contribution in [3.8, 4) is 0 Å². The van der Waals surface area contributed by atoms with E-state index in [2.05, 4.69) is 15.0 Å².